The summed E-state index contributed by atoms with van der Waals surface area (Å²) in [6.07, 6.45) is 0. The normalized spacial score (nSPS) is 11.1. The van der Waals surface area contributed by atoms with Gasteiger partial charge in [-0.2, -0.15) is 0 Å². The maximum absolute atomic E-state index is 6.23. The van der Waals surface area contributed by atoms with Crippen molar-refractivity contribution in [2.75, 3.05) is 0 Å². The molecule has 0 radical (unpaired) electrons. The van der Waals surface area contributed by atoms with Crippen molar-refractivity contribution >= 4 is 34.2 Å². The molecule has 0 N–H and O–H groups in total. The topological polar surface area (TPSA) is 17.8 Å². The van der Waals surface area contributed by atoms with E-state index in [4.69, 9.17) is 23.2 Å². The molecule has 2 nitrogen and oxygen atoms in total. The summed E-state index contributed by atoms with van der Waals surface area (Å²) in [7, 11) is 1.98. The number of imidazole rings is 1. The molecule has 1 heterocycles. The molecule has 0 atom stereocenters. The van der Waals surface area contributed by atoms with E-state index in [9.17, 15) is 0 Å². The second kappa shape index (κ2) is 4.30. The molecule has 0 saturated carbocycles. The Bertz CT molecular complexity index is 732. The zero-order valence-corrected chi connectivity index (χ0v) is 11.2. The van der Waals surface area contributed by atoms with Gasteiger partial charge in [0, 0.05) is 17.6 Å². The van der Waals surface area contributed by atoms with Crippen molar-refractivity contribution in [3.8, 4) is 11.4 Å². The van der Waals surface area contributed by atoms with Gasteiger partial charge in [0.2, 0.25) is 0 Å². The molecule has 0 saturated heterocycles. The van der Waals surface area contributed by atoms with Crippen molar-refractivity contribution in [2.24, 2.45) is 7.05 Å². The average Bonchev–Trinajstić information content (AvgIpc) is 2.68. The molecule has 0 aliphatic heterocycles. The van der Waals surface area contributed by atoms with Crippen LogP contribution in [0.4, 0.5) is 0 Å². The molecule has 0 unspecified atom stereocenters. The Hall–Kier alpha value is -1.51. The Morgan fingerprint density at radius 2 is 1.83 bits per heavy atom. The van der Waals surface area contributed by atoms with Crippen molar-refractivity contribution in [1.29, 1.82) is 0 Å². The molecule has 0 amide bonds. The molecule has 3 rings (SSSR count). The van der Waals surface area contributed by atoms with Gasteiger partial charge in [-0.1, -0.05) is 35.3 Å². The third kappa shape index (κ3) is 1.78. The predicted octanol–water partition coefficient (Wildman–Crippen LogP) is 4.55. The minimum atomic E-state index is 0.612. The first-order valence-corrected chi connectivity index (χ1v) is 6.29. The highest BCUT2D eigenvalue weighted by Gasteiger charge is 2.12. The summed E-state index contributed by atoms with van der Waals surface area (Å²) in [5.41, 5.74) is 2.93. The fourth-order valence-electron chi connectivity index (χ4n) is 2.06. The minimum absolute atomic E-state index is 0.612. The van der Waals surface area contributed by atoms with E-state index in [-0.39, 0.29) is 0 Å². The number of hydrogen-bond acceptors (Lipinski definition) is 1. The summed E-state index contributed by atoms with van der Waals surface area (Å²) in [5, 5.41) is 1.24. The molecular weight excluding hydrogens is 267 g/mol. The zero-order chi connectivity index (χ0) is 12.7. The number of halogens is 2. The number of nitrogens with zero attached hydrogens (tertiary/aromatic N) is 2. The number of hydrogen-bond donors (Lipinski definition) is 0. The van der Waals surface area contributed by atoms with Crippen molar-refractivity contribution in [3.63, 3.8) is 0 Å². The van der Waals surface area contributed by atoms with Crippen LogP contribution in [0.2, 0.25) is 10.0 Å². The average molecular weight is 277 g/mol. The molecule has 0 bridgehead atoms. The van der Waals surface area contributed by atoms with Crippen LogP contribution in [0.3, 0.4) is 0 Å². The van der Waals surface area contributed by atoms with Gasteiger partial charge in [-0.3, -0.25) is 0 Å². The number of fused-ring (bicyclic) bond motifs is 1. The highest BCUT2D eigenvalue weighted by molar-refractivity contribution is 6.36. The molecule has 0 fully saturated rings. The second-order valence-electron chi connectivity index (χ2n) is 4.11. The Kier molecular flexibility index (Phi) is 2.77. The van der Waals surface area contributed by atoms with Gasteiger partial charge in [0.1, 0.15) is 5.82 Å². The number of aryl methyl sites for hydroxylation is 1. The van der Waals surface area contributed by atoms with Crippen molar-refractivity contribution in [1.82, 2.24) is 9.55 Å². The van der Waals surface area contributed by atoms with Gasteiger partial charge in [-0.15, -0.1) is 0 Å². The van der Waals surface area contributed by atoms with E-state index in [1.165, 1.54) is 0 Å². The molecule has 1 aromatic heterocycles. The van der Waals surface area contributed by atoms with Crippen molar-refractivity contribution < 1.29 is 0 Å². The Morgan fingerprint density at radius 3 is 2.56 bits per heavy atom. The third-order valence-corrected chi connectivity index (χ3v) is 3.51. The Morgan fingerprint density at radius 1 is 1.06 bits per heavy atom. The molecule has 2 aromatic carbocycles. The number of aromatic nitrogens is 2. The van der Waals surface area contributed by atoms with Gasteiger partial charge in [-0.05, 0) is 30.3 Å². The fourth-order valence-corrected chi connectivity index (χ4v) is 2.55. The van der Waals surface area contributed by atoms with Crippen LogP contribution >= 0.6 is 23.2 Å². The van der Waals surface area contributed by atoms with E-state index in [1.54, 1.807) is 6.07 Å². The van der Waals surface area contributed by atoms with Gasteiger partial charge >= 0.3 is 0 Å². The molecule has 0 spiro atoms. The summed E-state index contributed by atoms with van der Waals surface area (Å²) in [6.45, 7) is 0. The molecule has 4 heteroatoms. The van der Waals surface area contributed by atoms with Gasteiger partial charge < -0.3 is 4.57 Å². The quantitative estimate of drug-likeness (QED) is 0.638. The maximum atomic E-state index is 6.23. The van der Waals surface area contributed by atoms with Crippen molar-refractivity contribution in [3.05, 3.63) is 52.5 Å². The van der Waals surface area contributed by atoms with Gasteiger partial charge in [0.25, 0.3) is 0 Å². The van der Waals surface area contributed by atoms with Gasteiger partial charge in [-0.25, -0.2) is 4.98 Å². The lowest BCUT2D eigenvalue weighted by Crippen LogP contribution is -1.92. The van der Waals surface area contributed by atoms with E-state index in [2.05, 4.69) is 4.98 Å². The molecular formula is C14H10Cl2N2. The SMILES string of the molecule is Cn1c(-c2ccc(Cl)cc2Cl)nc2ccccc21. The smallest absolute Gasteiger partial charge is 0.142 e. The maximum Gasteiger partial charge on any atom is 0.142 e. The molecule has 0 aliphatic carbocycles. The van der Waals surface area contributed by atoms with E-state index >= 15 is 0 Å². The Labute approximate surface area is 115 Å². The summed E-state index contributed by atoms with van der Waals surface area (Å²) < 4.78 is 2.03. The number of benzene rings is 2. The first-order valence-electron chi connectivity index (χ1n) is 5.53. The minimum Gasteiger partial charge on any atom is -0.327 e. The van der Waals surface area contributed by atoms with Crippen LogP contribution in [0.5, 0.6) is 0 Å². The molecule has 3 aromatic rings. The summed E-state index contributed by atoms with van der Waals surface area (Å²) in [4.78, 5) is 4.61. The van der Waals surface area contributed by atoms with Crippen molar-refractivity contribution in [2.45, 2.75) is 0 Å². The standard InChI is InChI=1S/C14H10Cl2N2/c1-18-13-5-3-2-4-12(13)17-14(18)10-7-6-9(15)8-11(10)16/h2-8H,1H3. The molecule has 90 valence electrons. The monoisotopic (exact) mass is 276 g/mol. The van der Waals surface area contributed by atoms with Crippen LogP contribution in [0, 0.1) is 0 Å². The lowest BCUT2D eigenvalue weighted by molar-refractivity contribution is 0.959. The predicted molar refractivity (Wildman–Crippen MR) is 76.2 cm³/mol. The van der Waals surface area contributed by atoms with E-state index < -0.39 is 0 Å². The van der Waals surface area contributed by atoms with E-state index in [1.807, 2.05) is 48.0 Å². The van der Waals surface area contributed by atoms with Crippen LogP contribution < -0.4 is 0 Å². The summed E-state index contributed by atoms with van der Waals surface area (Å²) in [6, 6.07) is 13.4. The van der Waals surface area contributed by atoms with Gasteiger partial charge in [0.05, 0.1) is 16.1 Å². The Balaban J connectivity index is 2.28. The van der Waals surface area contributed by atoms with Crippen LogP contribution in [-0.2, 0) is 7.05 Å². The molecule has 18 heavy (non-hydrogen) atoms. The highest BCUT2D eigenvalue weighted by atomic mass is 35.5. The van der Waals surface area contributed by atoms with E-state index in [0.29, 0.717) is 10.0 Å². The first-order chi connectivity index (χ1) is 8.66. The lowest BCUT2D eigenvalue weighted by atomic mass is 10.2. The lowest BCUT2D eigenvalue weighted by Gasteiger charge is -2.05. The third-order valence-electron chi connectivity index (χ3n) is 2.96. The van der Waals surface area contributed by atoms with Gasteiger partial charge in [0.15, 0.2) is 0 Å². The van der Waals surface area contributed by atoms with Crippen LogP contribution in [0.15, 0.2) is 42.5 Å². The van der Waals surface area contributed by atoms with Crippen LogP contribution in [0.25, 0.3) is 22.4 Å². The van der Waals surface area contributed by atoms with Crippen LogP contribution in [-0.4, -0.2) is 9.55 Å². The number of para-hydroxylation sites is 2. The van der Waals surface area contributed by atoms with E-state index in [0.717, 1.165) is 22.4 Å². The fraction of sp³-hybridized carbons (Fsp3) is 0.0714. The zero-order valence-electron chi connectivity index (χ0n) is 9.69. The highest BCUT2D eigenvalue weighted by Crippen LogP contribution is 2.31. The second-order valence-corrected chi connectivity index (χ2v) is 4.95. The molecule has 0 aliphatic rings. The summed E-state index contributed by atoms with van der Waals surface area (Å²) >= 11 is 12.1. The first kappa shape index (κ1) is 11.6. The largest absolute Gasteiger partial charge is 0.327 e. The summed E-state index contributed by atoms with van der Waals surface area (Å²) in [5.74, 6) is 0.845. The number of rotatable bonds is 1. The van der Waals surface area contributed by atoms with Crippen LogP contribution in [0.1, 0.15) is 0 Å².